The first-order valence-electron chi connectivity index (χ1n) is 8.98. The zero-order valence-electron chi connectivity index (χ0n) is 14.7. The monoisotopic (exact) mass is 329 g/mol. The molecule has 4 heteroatoms. The molecule has 0 saturated heterocycles. The molecule has 1 aliphatic carbocycles. The average Bonchev–Trinajstić information content (AvgIpc) is 2.62. The highest BCUT2D eigenvalue weighted by Gasteiger charge is 2.37. The summed E-state index contributed by atoms with van der Waals surface area (Å²) in [5.74, 6) is 1.04. The fourth-order valence-corrected chi connectivity index (χ4v) is 3.31. The fourth-order valence-electron chi connectivity index (χ4n) is 3.31. The number of nitrogens with zero attached hydrogens (tertiary/aromatic N) is 1. The van der Waals surface area contributed by atoms with Gasteiger partial charge in [-0.15, -0.1) is 0 Å². The Kier molecular flexibility index (Phi) is 6.66. The van der Waals surface area contributed by atoms with E-state index in [1.165, 1.54) is 0 Å². The molecule has 0 heterocycles. The molecule has 1 aromatic rings. The molecular weight excluding hydrogens is 302 g/mol. The number of hydrogen-bond acceptors (Lipinski definition) is 4. The molecule has 130 valence electrons. The Hall–Kier alpha value is -2.02. The van der Waals surface area contributed by atoms with Gasteiger partial charge in [0.05, 0.1) is 24.0 Å². The number of carbonyl (C=O) groups excluding carboxylic acids is 1. The van der Waals surface area contributed by atoms with Gasteiger partial charge in [0.15, 0.2) is 0 Å². The summed E-state index contributed by atoms with van der Waals surface area (Å²) in [6, 6.07) is 9.63. The topological polar surface area (TPSA) is 59.3 Å². The predicted molar refractivity (Wildman–Crippen MR) is 92.8 cm³/mol. The zero-order valence-corrected chi connectivity index (χ0v) is 14.7. The summed E-state index contributed by atoms with van der Waals surface area (Å²) in [5, 5.41) is 9.52. The predicted octanol–water partition coefficient (Wildman–Crippen LogP) is 4.88. The van der Waals surface area contributed by atoms with Crippen LogP contribution in [-0.2, 0) is 4.79 Å². The molecule has 1 aromatic carbocycles. The summed E-state index contributed by atoms with van der Waals surface area (Å²) in [4.78, 5) is 12.4. The van der Waals surface area contributed by atoms with Crippen LogP contribution in [0.4, 0.5) is 0 Å². The third-order valence-electron chi connectivity index (χ3n) is 4.88. The smallest absolute Gasteiger partial charge is 0.314 e. The van der Waals surface area contributed by atoms with E-state index in [9.17, 15) is 10.1 Å². The van der Waals surface area contributed by atoms with Gasteiger partial charge in [0.1, 0.15) is 11.5 Å². The molecule has 0 bridgehead atoms. The van der Waals surface area contributed by atoms with Gasteiger partial charge in [-0.25, -0.2) is 0 Å². The lowest BCUT2D eigenvalue weighted by atomic mass is 9.69. The van der Waals surface area contributed by atoms with Gasteiger partial charge in [-0.2, -0.15) is 5.26 Å². The number of unbranched alkanes of at least 4 members (excludes halogenated alkanes) is 1. The summed E-state index contributed by atoms with van der Waals surface area (Å²) in [7, 11) is 0. The fraction of sp³-hybridized carbons (Fsp3) is 0.600. The first-order chi connectivity index (χ1) is 11.6. The summed E-state index contributed by atoms with van der Waals surface area (Å²) < 4.78 is 10.9. The average molecular weight is 329 g/mol. The Balaban J connectivity index is 1.87. The van der Waals surface area contributed by atoms with E-state index in [1.54, 1.807) is 24.3 Å². The van der Waals surface area contributed by atoms with Crippen molar-refractivity contribution in [3.05, 3.63) is 24.3 Å². The first-order valence-corrected chi connectivity index (χ1v) is 8.98. The maximum absolute atomic E-state index is 12.4. The SMILES string of the molecule is CCCCC1(C#N)CCC(C(=O)Oc2ccc(OCC)cc2)CC1. The maximum atomic E-state index is 12.4. The number of hydrogen-bond donors (Lipinski definition) is 0. The molecule has 1 saturated carbocycles. The molecule has 1 aliphatic rings. The van der Waals surface area contributed by atoms with Crippen LogP contribution in [0, 0.1) is 22.7 Å². The van der Waals surface area contributed by atoms with Crippen LogP contribution < -0.4 is 9.47 Å². The molecule has 0 aliphatic heterocycles. The summed E-state index contributed by atoms with van der Waals surface area (Å²) in [5.41, 5.74) is -0.230. The van der Waals surface area contributed by atoms with Crippen LogP contribution >= 0.6 is 0 Å². The quantitative estimate of drug-likeness (QED) is 0.528. The number of benzene rings is 1. The highest BCUT2D eigenvalue weighted by Crippen LogP contribution is 2.42. The molecule has 0 amide bonds. The number of nitriles is 1. The molecule has 1 fully saturated rings. The van der Waals surface area contributed by atoms with Gasteiger partial charge < -0.3 is 9.47 Å². The second kappa shape index (κ2) is 8.73. The standard InChI is InChI=1S/C20H27NO3/c1-3-5-12-20(15-21)13-10-16(11-14-20)19(22)24-18-8-6-17(7-9-18)23-4-2/h6-9,16H,3-5,10-14H2,1-2H3. The van der Waals surface area contributed by atoms with Gasteiger partial charge in [0.2, 0.25) is 0 Å². The minimum absolute atomic E-state index is 0.0975. The second-order valence-electron chi connectivity index (χ2n) is 6.60. The highest BCUT2D eigenvalue weighted by molar-refractivity contribution is 5.75. The Morgan fingerprint density at radius 3 is 2.38 bits per heavy atom. The van der Waals surface area contributed by atoms with Crippen LogP contribution in [0.25, 0.3) is 0 Å². The van der Waals surface area contributed by atoms with Crippen LogP contribution in [0.2, 0.25) is 0 Å². The molecule has 0 spiro atoms. The number of carbonyl (C=O) groups is 1. The summed E-state index contributed by atoms with van der Waals surface area (Å²) in [6.45, 7) is 4.68. The normalized spacial score (nSPS) is 23.3. The second-order valence-corrected chi connectivity index (χ2v) is 6.60. The summed E-state index contributed by atoms with van der Waals surface area (Å²) in [6.07, 6.45) is 6.21. The minimum Gasteiger partial charge on any atom is -0.494 e. The third kappa shape index (κ3) is 4.74. The van der Waals surface area contributed by atoms with Gasteiger partial charge in [-0.1, -0.05) is 19.8 Å². The van der Waals surface area contributed by atoms with Crippen molar-refractivity contribution in [2.24, 2.45) is 11.3 Å². The van der Waals surface area contributed by atoms with Crippen molar-refractivity contribution >= 4 is 5.97 Å². The van der Waals surface area contributed by atoms with Gasteiger partial charge in [-0.05, 0) is 63.3 Å². The molecule has 0 N–H and O–H groups in total. The van der Waals surface area contributed by atoms with Crippen molar-refractivity contribution in [1.29, 1.82) is 5.26 Å². The van der Waals surface area contributed by atoms with Crippen LogP contribution in [0.1, 0.15) is 58.8 Å². The van der Waals surface area contributed by atoms with Gasteiger partial charge in [0, 0.05) is 0 Å². The Morgan fingerprint density at radius 2 is 1.83 bits per heavy atom. The molecular formula is C20H27NO3. The van der Waals surface area contributed by atoms with E-state index >= 15 is 0 Å². The van der Waals surface area contributed by atoms with E-state index < -0.39 is 0 Å². The van der Waals surface area contributed by atoms with Crippen LogP contribution in [0.3, 0.4) is 0 Å². The van der Waals surface area contributed by atoms with Crippen LogP contribution in [0.5, 0.6) is 11.5 Å². The Labute approximate surface area is 144 Å². The molecule has 0 aromatic heterocycles. The van der Waals surface area contributed by atoms with Crippen molar-refractivity contribution in [2.75, 3.05) is 6.61 Å². The molecule has 2 rings (SSSR count). The largest absolute Gasteiger partial charge is 0.494 e. The zero-order chi connectivity index (χ0) is 17.4. The number of esters is 1. The van der Waals surface area contributed by atoms with Gasteiger partial charge >= 0.3 is 5.97 Å². The first kappa shape index (κ1) is 18.3. The van der Waals surface area contributed by atoms with Crippen molar-refractivity contribution < 1.29 is 14.3 Å². The maximum Gasteiger partial charge on any atom is 0.314 e. The van der Waals surface area contributed by atoms with E-state index in [0.717, 1.165) is 50.7 Å². The lowest BCUT2D eigenvalue weighted by Crippen LogP contribution is -2.31. The third-order valence-corrected chi connectivity index (χ3v) is 4.88. The number of rotatable bonds is 7. The molecule has 4 nitrogen and oxygen atoms in total. The van der Waals surface area contributed by atoms with Crippen molar-refractivity contribution in [3.63, 3.8) is 0 Å². The molecule has 24 heavy (non-hydrogen) atoms. The summed E-state index contributed by atoms with van der Waals surface area (Å²) >= 11 is 0. The molecule has 0 atom stereocenters. The lowest BCUT2D eigenvalue weighted by molar-refractivity contribution is -0.140. The van der Waals surface area contributed by atoms with E-state index in [2.05, 4.69) is 13.0 Å². The lowest BCUT2D eigenvalue weighted by Gasteiger charge is -2.34. The van der Waals surface area contributed by atoms with Gasteiger partial charge in [-0.3, -0.25) is 4.79 Å². The van der Waals surface area contributed by atoms with E-state index in [1.807, 2.05) is 6.92 Å². The van der Waals surface area contributed by atoms with Crippen molar-refractivity contribution in [2.45, 2.75) is 58.8 Å². The molecule has 0 unspecified atom stereocenters. The van der Waals surface area contributed by atoms with E-state index in [0.29, 0.717) is 12.4 Å². The van der Waals surface area contributed by atoms with Crippen molar-refractivity contribution in [3.8, 4) is 17.6 Å². The van der Waals surface area contributed by atoms with Crippen LogP contribution in [0.15, 0.2) is 24.3 Å². The van der Waals surface area contributed by atoms with E-state index in [-0.39, 0.29) is 17.3 Å². The van der Waals surface area contributed by atoms with Crippen LogP contribution in [-0.4, -0.2) is 12.6 Å². The van der Waals surface area contributed by atoms with Crippen molar-refractivity contribution in [1.82, 2.24) is 0 Å². The van der Waals surface area contributed by atoms with Gasteiger partial charge in [0.25, 0.3) is 0 Å². The Bertz CT molecular complexity index is 566. The minimum atomic E-state index is -0.230. The number of ether oxygens (including phenoxy) is 2. The highest BCUT2D eigenvalue weighted by atomic mass is 16.5. The van der Waals surface area contributed by atoms with E-state index in [4.69, 9.17) is 9.47 Å². The Morgan fingerprint density at radius 1 is 1.21 bits per heavy atom. The molecule has 0 radical (unpaired) electrons.